The van der Waals surface area contributed by atoms with E-state index in [0.717, 1.165) is 57.9 Å². The Morgan fingerprint density at radius 1 is 0.800 bits per heavy atom. The smallest absolute Gasteiger partial charge is 0.340 e. The van der Waals surface area contributed by atoms with Crippen LogP contribution in [0.3, 0.4) is 0 Å². The Kier molecular flexibility index (Phi) is 11.6. The highest BCUT2D eigenvalue weighted by Crippen LogP contribution is 2.53. The number of anilines is 2. The number of halogens is 1. The topological polar surface area (TPSA) is 77.1 Å². The number of esters is 1. The fraction of sp³-hybridized carbons (Fsp3) is 0.333. The third kappa shape index (κ3) is 8.11. The van der Waals surface area contributed by atoms with Crippen LogP contribution >= 0.6 is 0 Å². The van der Waals surface area contributed by atoms with Gasteiger partial charge in [-0.1, -0.05) is 99.3 Å². The average molecular weight is 869 g/mol. The molecule has 7 nitrogen and oxygen atoms in total. The van der Waals surface area contributed by atoms with E-state index < -0.39 is 17.2 Å². The Bertz CT molecular complexity index is 2770. The van der Waals surface area contributed by atoms with E-state index in [0.29, 0.717) is 52.6 Å². The van der Waals surface area contributed by atoms with Gasteiger partial charge in [0.15, 0.2) is 5.60 Å². The van der Waals surface area contributed by atoms with Crippen molar-refractivity contribution in [2.24, 2.45) is 5.92 Å². The zero-order chi connectivity index (χ0) is 44.7. The fourth-order valence-electron chi connectivity index (χ4n) is 10.8. The van der Waals surface area contributed by atoms with Crippen molar-refractivity contribution >= 4 is 40.1 Å². The Balaban J connectivity index is 0.931. The van der Waals surface area contributed by atoms with E-state index in [1.807, 2.05) is 98.8 Å². The van der Waals surface area contributed by atoms with Crippen LogP contribution in [0.4, 0.5) is 15.8 Å². The molecule has 0 aromatic heterocycles. The second-order valence-corrected chi connectivity index (χ2v) is 18.8. The highest BCUT2D eigenvalue weighted by Gasteiger charge is 2.46. The first-order valence-electron chi connectivity index (χ1n) is 23.6. The molecule has 10 rings (SSSR count). The van der Waals surface area contributed by atoms with Gasteiger partial charge in [0.2, 0.25) is 0 Å². The molecule has 1 saturated carbocycles. The zero-order valence-electron chi connectivity index (χ0n) is 37.6. The number of unbranched alkanes of at least 4 members (excludes halogenated alkanes) is 2. The van der Waals surface area contributed by atoms with Crippen LogP contribution in [0.25, 0.3) is 28.0 Å². The number of nitrogens with one attached hydrogen (secondary N) is 1. The van der Waals surface area contributed by atoms with Gasteiger partial charge in [-0.05, 0) is 129 Å². The molecular formula is C57H57FN2O5. The van der Waals surface area contributed by atoms with Crippen LogP contribution in [0.1, 0.15) is 127 Å². The van der Waals surface area contributed by atoms with E-state index in [-0.39, 0.29) is 11.7 Å². The van der Waals surface area contributed by atoms with Crippen molar-refractivity contribution in [3.8, 4) is 16.9 Å². The number of benzene rings is 6. The van der Waals surface area contributed by atoms with Crippen LogP contribution in [0.5, 0.6) is 5.75 Å². The van der Waals surface area contributed by atoms with Crippen molar-refractivity contribution in [1.82, 2.24) is 0 Å². The number of fused-ring (bicyclic) bond motifs is 6. The monoisotopic (exact) mass is 868 g/mol. The molecule has 1 amide bonds. The van der Waals surface area contributed by atoms with Gasteiger partial charge in [-0.25, -0.2) is 9.18 Å². The van der Waals surface area contributed by atoms with Crippen LogP contribution in [0, 0.1) is 11.7 Å². The third-order valence-corrected chi connectivity index (χ3v) is 14.3. The number of hydrogen-bond acceptors (Lipinski definition) is 6. The van der Waals surface area contributed by atoms with Crippen LogP contribution in [-0.4, -0.2) is 38.2 Å². The summed E-state index contributed by atoms with van der Waals surface area (Å²) in [6.45, 7) is 9.00. The Morgan fingerprint density at radius 2 is 1.52 bits per heavy atom. The summed E-state index contributed by atoms with van der Waals surface area (Å²) in [4.78, 5) is 29.5. The molecule has 1 atom stereocenters. The van der Waals surface area contributed by atoms with Crippen LogP contribution in [0.2, 0.25) is 0 Å². The van der Waals surface area contributed by atoms with E-state index in [9.17, 15) is 9.59 Å². The number of hydrogen-bond donors (Lipinski definition) is 1. The molecule has 1 aliphatic carbocycles. The van der Waals surface area contributed by atoms with Crippen molar-refractivity contribution in [3.05, 3.63) is 166 Å². The number of carbonyl (C=O) groups excluding carboxylic acids is 2. The summed E-state index contributed by atoms with van der Waals surface area (Å²) in [5, 5.41) is 4.49. The molecule has 1 N–H and O–H groups in total. The first-order chi connectivity index (χ1) is 31.6. The first-order valence-corrected chi connectivity index (χ1v) is 23.6. The molecule has 2 fully saturated rings. The number of carbonyl (C=O) groups is 2. The van der Waals surface area contributed by atoms with E-state index in [4.69, 9.17) is 14.2 Å². The number of amides is 1. The van der Waals surface area contributed by atoms with Gasteiger partial charge in [0.1, 0.15) is 17.2 Å². The molecule has 8 heteroatoms. The predicted molar refractivity (Wildman–Crippen MR) is 257 cm³/mol. The minimum absolute atomic E-state index is 0.148. The number of nitrogens with zero attached hydrogens (tertiary/aromatic N) is 1. The van der Waals surface area contributed by atoms with Crippen molar-refractivity contribution in [1.29, 1.82) is 0 Å². The molecule has 65 heavy (non-hydrogen) atoms. The van der Waals surface area contributed by atoms with Crippen LogP contribution in [0.15, 0.2) is 121 Å². The molecule has 1 unspecified atom stereocenters. The summed E-state index contributed by atoms with van der Waals surface area (Å²) in [7, 11) is 0. The molecule has 6 aromatic rings. The lowest BCUT2D eigenvalue weighted by molar-refractivity contribution is 0.00939. The molecular weight excluding hydrogens is 812 g/mol. The molecule has 3 heterocycles. The molecule has 0 bridgehead atoms. The molecule has 0 spiro atoms. The molecule has 4 aliphatic rings. The summed E-state index contributed by atoms with van der Waals surface area (Å²) < 4.78 is 35.0. The molecule has 1 saturated heterocycles. The number of cyclic esters (lactones) is 1. The summed E-state index contributed by atoms with van der Waals surface area (Å²) in [5.41, 5.74) is 6.37. The lowest BCUT2D eigenvalue weighted by Gasteiger charge is -2.38. The van der Waals surface area contributed by atoms with Crippen molar-refractivity contribution in [3.63, 3.8) is 0 Å². The van der Waals surface area contributed by atoms with Gasteiger partial charge in [-0.15, -0.1) is 0 Å². The predicted octanol–water partition coefficient (Wildman–Crippen LogP) is 13.3. The third-order valence-electron chi connectivity index (χ3n) is 14.3. The van der Waals surface area contributed by atoms with Gasteiger partial charge >= 0.3 is 5.97 Å². The maximum absolute atomic E-state index is 16.1. The Hall–Kier alpha value is -6.25. The van der Waals surface area contributed by atoms with Gasteiger partial charge in [0.25, 0.3) is 5.91 Å². The largest absolute Gasteiger partial charge is 0.472 e. The quantitative estimate of drug-likeness (QED) is 0.103. The minimum Gasteiger partial charge on any atom is -0.472 e. The second-order valence-electron chi connectivity index (χ2n) is 18.8. The lowest BCUT2D eigenvalue weighted by Crippen LogP contribution is -2.37. The van der Waals surface area contributed by atoms with Gasteiger partial charge in [0, 0.05) is 63.1 Å². The Labute approximate surface area is 381 Å². The summed E-state index contributed by atoms with van der Waals surface area (Å²) >= 11 is 0. The summed E-state index contributed by atoms with van der Waals surface area (Å²) in [6.07, 6.45) is 14.3. The fourth-order valence-corrected chi connectivity index (χ4v) is 10.8. The molecule has 3 aliphatic heterocycles. The van der Waals surface area contributed by atoms with Crippen molar-refractivity contribution < 1.29 is 28.2 Å². The van der Waals surface area contributed by atoms with Crippen molar-refractivity contribution in [2.75, 3.05) is 36.5 Å². The van der Waals surface area contributed by atoms with E-state index in [1.165, 1.54) is 63.0 Å². The van der Waals surface area contributed by atoms with Gasteiger partial charge < -0.3 is 24.4 Å². The van der Waals surface area contributed by atoms with Gasteiger partial charge in [-0.3, -0.25) is 4.79 Å². The van der Waals surface area contributed by atoms with E-state index >= 15 is 4.39 Å². The first kappa shape index (κ1) is 42.7. The van der Waals surface area contributed by atoms with Crippen LogP contribution in [-0.2, 0) is 20.7 Å². The zero-order valence-corrected chi connectivity index (χ0v) is 37.6. The minimum atomic E-state index is -1.32. The normalized spacial score (nSPS) is 21.0. The average Bonchev–Trinajstić information content (AvgIpc) is 3.59. The summed E-state index contributed by atoms with van der Waals surface area (Å²) in [6, 6.07) is 36.8. The van der Waals surface area contributed by atoms with Gasteiger partial charge in [0.05, 0.1) is 18.8 Å². The van der Waals surface area contributed by atoms with Crippen molar-refractivity contribution in [2.45, 2.75) is 89.3 Å². The number of morpholine rings is 1. The highest BCUT2D eigenvalue weighted by molar-refractivity contribution is 6.13. The maximum atomic E-state index is 16.1. The molecule has 0 radical (unpaired) electrons. The summed E-state index contributed by atoms with van der Waals surface area (Å²) in [5.74, 6) is 1.05. The van der Waals surface area contributed by atoms with Crippen LogP contribution < -0.4 is 15.0 Å². The number of ether oxygens (including phenoxy) is 3. The maximum Gasteiger partial charge on any atom is 0.340 e. The van der Waals surface area contributed by atoms with E-state index in [1.54, 1.807) is 12.1 Å². The van der Waals surface area contributed by atoms with Gasteiger partial charge in [-0.2, -0.15) is 0 Å². The number of rotatable bonds is 11. The molecule has 6 aromatic carbocycles. The lowest BCUT2D eigenvalue weighted by atomic mass is 9.77. The SMILES string of the molecule is CCCCCC1CCC(c2ccc(C(=O)Nc3ccc(-c4ccc5c6c(c7c(c5c4)C(=O)OC7(C)C)C=CC(c4ccc(N5CCOCC5)cc4)(c4ccccc4F)O6)cc3)cc2)CC1. The second kappa shape index (κ2) is 17.6. The Morgan fingerprint density at radius 3 is 2.25 bits per heavy atom. The van der Waals surface area contributed by atoms with E-state index in [2.05, 4.69) is 41.4 Å². The highest BCUT2D eigenvalue weighted by atomic mass is 19.1. The standard InChI is InChI=1S/C57H57FN2O5/c1-4-5-6-9-37-12-14-38(15-13-37)39-16-18-41(19-17-39)54(61)59-44-25-20-40(21-26-44)42-22-29-46-48(36-42)51-52(56(2,3)65-55(51)62)47-30-31-57(64-53(46)47,49-10-7-8-11-50(49)58)43-23-27-45(28-24-43)60-32-34-63-35-33-60/h7-8,10-11,16-31,36-38H,4-6,9,12-15,32-35H2,1-3H3,(H,59,61). The molecule has 332 valence electrons.